The first kappa shape index (κ1) is 18.5. The minimum atomic E-state index is -0.0203. The summed E-state index contributed by atoms with van der Waals surface area (Å²) < 4.78 is 1.95. The van der Waals surface area contributed by atoms with E-state index in [-0.39, 0.29) is 5.56 Å². The standard InChI is InChI=1S/C20H20N6OS2/c1-11-3-4-13-14(9-11)29-19-16(13)18(27)22-15(23-19)10-28-20-25-24-17(26(20)2)12-5-7-21-8-6-12/h5-8,11H,3-4,9-10H2,1-2H3,(H,22,23,27). The smallest absolute Gasteiger partial charge is 0.259 e. The van der Waals surface area contributed by atoms with Crippen LogP contribution in [0.15, 0.2) is 34.5 Å². The Kier molecular flexibility index (Phi) is 4.71. The molecule has 0 aromatic carbocycles. The average molecular weight is 425 g/mol. The lowest BCUT2D eigenvalue weighted by Crippen LogP contribution is -2.14. The Morgan fingerprint density at radius 2 is 2.14 bits per heavy atom. The molecule has 0 bridgehead atoms. The Balaban J connectivity index is 1.40. The van der Waals surface area contributed by atoms with Crippen LogP contribution >= 0.6 is 23.1 Å². The molecule has 4 aromatic heterocycles. The van der Waals surface area contributed by atoms with Crippen molar-refractivity contribution in [2.75, 3.05) is 0 Å². The number of pyridine rings is 1. The van der Waals surface area contributed by atoms with Crippen LogP contribution in [-0.4, -0.2) is 29.7 Å². The van der Waals surface area contributed by atoms with E-state index < -0.39 is 0 Å². The molecule has 4 heterocycles. The lowest BCUT2D eigenvalue weighted by atomic mass is 9.89. The van der Waals surface area contributed by atoms with Crippen molar-refractivity contribution in [1.29, 1.82) is 0 Å². The van der Waals surface area contributed by atoms with Gasteiger partial charge < -0.3 is 9.55 Å². The van der Waals surface area contributed by atoms with Gasteiger partial charge in [-0.25, -0.2) is 4.98 Å². The first-order valence-electron chi connectivity index (χ1n) is 9.56. The van der Waals surface area contributed by atoms with Crippen molar-refractivity contribution in [1.82, 2.24) is 29.7 Å². The number of aromatic nitrogens is 6. The molecule has 7 nitrogen and oxygen atoms in total. The van der Waals surface area contributed by atoms with E-state index in [1.165, 1.54) is 22.2 Å². The lowest BCUT2D eigenvalue weighted by molar-refractivity contribution is 0.509. The Morgan fingerprint density at radius 1 is 1.31 bits per heavy atom. The topological polar surface area (TPSA) is 89.3 Å². The lowest BCUT2D eigenvalue weighted by Gasteiger charge is -2.17. The summed E-state index contributed by atoms with van der Waals surface area (Å²) in [6.07, 6.45) is 6.65. The average Bonchev–Trinajstić information content (AvgIpc) is 3.26. The SMILES string of the molecule is CC1CCc2c(sc3nc(CSc4nnc(-c5ccncc5)n4C)[nH]c(=O)c23)C1. The first-order chi connectivity index (χ1) is 14.1. The minimum Gasteiger partial charge on any atom is -0.309 e. The molecule has 4 aromatic rings. The van der Waals surface area contributed by atoms with Gasteiger partial charge in [0.15, 0.2) is 11.0 Å². The molecule has 0 fully saturated rings. The van der Waals surface area contributed by atoms with Gasteiger partial charge in [-0.1, -0.05) is 18.7 Å². The highest BCUT2D eigenvalue weighted by Gasteiger charge is 2.23. The van der Waals surface area contributed by atoms with Crippen molar-refractivity contribution in [3.63, 3.8) is 0 Å². The Bertz CT molecular complexity index is 1240. The number of H-pyrrole nitrogens is 1. The predicted molar refractivity (Wildman–Crippen MR) is 115 cm³/mol. The number of thiophene rings is 1. The monoisotopic (exact) mass is 424 g/mol. The highest BCUT2D eigenvalue weighted by Crippen LogP contribution is 2.36. The van der Waals surface area contributed by atoms with Crippen LogP contribution in [0.5, 0.6) is 0 Å². The Labute approximate surface area is 175 Å². The van der Waals surface area contributed by atoms with Gasteiger partial charge in [-0.3, -0.25) is 9.78 Å². The molecule has 0 aliphatic heterocycles. The fraction of sp³-hybridized carbons (Fsp3) is 0.350. The summed E-state index contributed by atoms with van der Waals surface area (Å²) in [4.78, 5) is 26.7. The molecule has 1 atom stereocenters. The molecule has 0 radical (unpaired) electrons. The highest BCUT2D eigenvalue weighted by atomic mass is 32.2. The number of aromatic amines is 1. The molecule has 9 heteroatoms. The number of hydrogen-bond donors (Lipinski definition) is 1. The van der Waals surface area contributed by atoms with Gasteiger partial charge in [0.05, 0.1) is 11.1 Å². The van der Waals surface area contributed by atoms with Crippen molar-refractivity contribution >= 4 is 33.3 Å². The third kappa shape index (κ3) is 3.38. The summed E-state index contributed by atoms with van der Waals surface area (Å²) in [7, 11) is 1.94. The van der Waals surface area contributed by atoms with E-state index in [4.69, 9.17) is 4.98 Å². The fourth-order valence-corrected chi connectivity index (χ4v) is 5.97. The van der Waals surface area contributed by atoms with Crippen LogP contribution in [0.3, 0.4) is 0 Å². The number of hydrogen-bond acceptors (Lipinski definition) is 7. The van der Waals surface area contributed by atoms with Crippen molar-refractivity contribution < 1.29 is 0 Å². The molecule has 0 amide bonds. The highest BCUT2D eigenvalue weighted by molar-refractivity contribution is 7.98. The third-order valence-electron chi connectivity index (χ3n) is 5.33. The van der Waals surface area contributed by atoms with Crippen LogP contribution in [0.2, 0.25) is 0 Å². The maximum atomic E-state index is 12.7. The molecule has 29 heavy (non-hydrogen) atoms. The summed E-state index contributed by atoms with van der Waals surface area (Å²) in [5.74, 6) is 2.67. The summed E-state index contributed by atoms with van der Waals surface area (Å²) in [6, 6.07) is 3.82. The fourth-order valence-electron chi connectivity index (χ4n) is 3.79. The molecule has 1 aliphatic carbocycles. The van der Waals surface area contributed by atoms with E-state index in [1.807, 2.05) is 23.7 Å². The second-order valence-corrected chi connectivity index (χ2v) is 9.46. The van der Waals surface area contributed by atoms with Gasteiger partial charge in [-0.15, -0.1) is 21.5 Å². The molecular weight excluding hydrogens is 404 g/mol. The van der Waals surface area contributed by atoms with E-state index in [9.17, 15) is 4.79 Å². The maximum Gasteiger partial charge on any atom is 0.259 e. The third-order valence-corrected chi connectivity index (χ3v) is 7.51. The summed E-state index contributed by atoms with van der Waals surface area (Å²) in [5.41, 5.74) is 2.16. The second-order valence-electron chi connectivity index (χ2n) is 7.43. The van der Waals surface area contributed by atoms with Crippen LogP contribution in [-0.2, 0) is 25.6 Å². The van der Waals surface area contributed by atoms with E-state index in [1.54, 1.807) is 23.7 Å². The molecule has 5 rings (SSSR count). The zero-order valence-electron chi connectivity index (χ0n) is 16.2. The minimum absolute atomic E-state index is 0.0203. The van der Waals surface area contributed by atoms with Gasteiger partial charge in [0.2, 0.25) is 0 Å². The van der Waals surface area contributed by atoms with E-state index in [2.05, 4.69) is 27.1 Å². The number of nitrogens with one attached hydrogen (secondary N) is 1. The Hall–Kier alpha value is -2.52. The largest absolute Gasteiger partial charge is 0.309 e. The molecule has 0 spiro atoms. The van der Waals surface area contributed by atoms with Gasteiger partial charge in [0.25, 0.3) is 5.56 Å². The molecule has 0 saturated carbocycles. The Morgan fingerprint density at radius 3 is 2.97 bits per heavy atom. The van der Waals surface area contributed by atoms with Gasteiger partial charge in [-0.05, 0) is 42.9 Å². The molecule has 148 valence electrons. The first-order valence-corrected chi connectivity index (χ1v) is 11.4. The number of aryl methyl sites for hydroxylation is 1. The number of fused-ring (bicyclic) bond motifs is 3. The van der Waals surface area contributed by atoms with Gasteiger partial charge >= 0.3 is 0 Å². The van der Waals surface area contributed by atoms with E-state index >= 15 is 0 Å². The molecule has 1 N–H and O–H groups in total. The van der Waals surface area contributed by atoms with Gasteiger partial charge in [0.1, 0.15) is 10.7 Å². The second kappa shape index (κ2) is 7.38. The number of nitrogens with zero attached hydrogens (tertiary/aromatic N) is 5. The zero-order valence-corrected chi connectivity index (χ0v) is 17.8. The van der Waals surface area contributed by atoms with Gasteiger partial charge in [-0.2, -0.15) is 0 Å². The molecule has 1 unspecified atom stereocenters. The molecular formula is C20H20N6OS2. The van der Waals surface area contributed by atoms with Crippen molar-refractivity contribution in [2.24, 2.45) is 13.0 Å². The quantitative estimate of drug-likeness (QED) is 0.504. The summed E-state index contributed by atoms with van der Waals surface area (Å²) in [5, 5.41) is 10.2. The normalized spacial score (nSPS) is 16.3. The molecule has 0 saturated heterocycles. The van der Waals surface area contributed by atoms with Crippen LogP contribution in [0, 0.1) is 5.92 Å². The maximum absolute atomic E-state index is 12.7. The van der Waals surface area contributed by atoms with Crippen LogP contribution in [0.25, 0.3) is 21.6 Å². The number of thioether (sulfide) groups is 1. The van der Waals surface area contributed by atoms with Crippen LogP contribution < -0.4 is 5.56 Å². The number of rotatable bonds is 4. The van der Waals surface area contributed by atoms with Crippen molar-refractivity contribution in [3.8, 4) is 11.4 Å². The van der Waals surface area contributed by atoms with E-state index in [0.717, 1.165) is 46.0 Å². The van der Waals surface area contributed by atoms with Gasteiger partial charge in [0, 0.05) is 29.9 Å². The summed E-state index contributed by atoms with van der Waals surface area (Å²) >= 11 is 3.19. The van der Waals surface area contributed by atoms with E-state index in [0.29, 0.717) is 17.5 Å². The predicted octanol–water partition coefficient (Wildman–Crippen LogP) is 3.59. The van der Waals surface area contributed by atoms with Crippen molar-refractivity contribution in [2.45, 2.75) is 37.1 Å². The zero-order chi connectivity index (χ0) is 20.0. The van der Waals surface area contributed by atoms with Crippen molar-refractivity contribution in [3.05, 3.63) is 51.1 Å². The molecule has 1 aliphatic rings. The van der Waals surface area contributed by atoms with Crippen LogP contribution in [0.1, 0.15) is 29.6 Å². The van der Waals surface area contributed by atoms with Crippen LogP contribution in [0.4, 0.5) is 0 Å². The summed E-state index contributed by atoms with van der Waals surface area (Å²) in [6.45, 7) is 2.27.